The fourth-order valence-corrected chi connectivity index (χ4v) is 0. The summed E-state index contributed by atoms with van der Waals surface area (Å²) in [5, 5.41) is 0. The molecule has 0 spiro atoms. The van der Waals surface area contributed by atoms with E-state index in [9.17, 15) is 0 Å². The summed E-state index contributed by atoms with van der Waals surface area (Å²) >= 11 is 0. The van der Waals surface area contributed by atoms with E-state index in [1.165, 1.54) is 0 Å². The summed E-state index contributed by atoms with van der Waals surface area (Å²) in [5.74, 6) is 0. The van der Waals surface area contributed by atoms with Crippen molar-refractivity contribution < 1.29 is 10.3 Å². The van der Waals surface area contributed by atoms with Crippen LogP contribution in [0.15, 0.2) is 0 Å². The number of hydrogen-bond acceptors (Lipinski definition) is 1. The third-order valence-corrected chi connectivity index (χ3v) is 0. The molecule has 2 heteroatoms. The predicted octanol–water partition coefficient (Wildman–Crippen LogP) is 0.510. The van der Waals surface area contributed by atoms with Gasteiger partial charge in [-0.25, -0.2) is 0 Å². The lowest BCUT2D eigenvalue weighted by molar-refractivity contribution is 0.574. The fourth-order valence-electron chi connectivity index (χ4n) is 0. The van der Waals surface area contributed by atoms with Gasteiger partial charge in [-0.05, 0) is 0 Å². The lowest BCUT2D eigenvalue weighted by atomic mass is 11.0. The van der Waals surface area contributed by atoms with Crippen molar-refractivity contribution in [3.8, 4) is 0 Å². The van der Waals surface area contributed by atoms with Crippen molar-refractivity contribution in [2.75, 3.05) is 0 Å². The molecule has 30 valence electrons. The van der Waals surface area contributed by atoms with Gasteiger partial charge >= 0.3 is 0 Å². The molecule has 0 aliphatic heterocycles. The van der Waals surface area contributed by atoms with Gasteiger partial charge in [-0.1, -0.05) is 13.8 Å². The van der Waals surface area contributed by atoms with Gasteiger partial charge in [0.25, 0.3) is 6.79 Å². The second-order valence-corrected chi connectivity index (χ2v) is 0. The molecule has 0 aliphatic rings. The molecule has 0 aromatic carbocycles. The maximum Gasteiger partial charge on any atom is 0.281 e. The molecule has 0 N–H and O–H groups in total. The van der Waals surface area contributed by atoms with Crippen LogP contribution >= 0.6 is 0 Å². The quantitative estimate of drug-likeness (QED) is 0.413. The first kappa shape index (κ1) is 23.0. The van der Waals surface area contributed by atoms with E-state index in [1.807, 2.05) is 13.8 Å². The van der Waals surface area contributed by atoms with Gasteiger partial charge < -0.3 is 0 Å². The van der Waals surface area contributed by atoms with Gasteiger partial charge in [0.05, 0.1) is 0 Å². The first-order valence-corrected chi connectivity index (χ1v) is 1.20. The van der Waals surface area contributed by atoms with Crippen molar-refractivity contribution >= 4 is 6.79 Å². The molecule has 0 atom stereocenters. The van der Waals surface area contributed by atoms with Crippen LogP contribution in [-0.4, -0.2) is 6.79 Å². The highest BCUT2D eigenvalue weighted by atomic mass is 16.1. The van der Waals surface area contributed by atoms with Crippen LogP contribution in [0.2, 0.25) is 0 Å². The highest BCUT2D eigenvalue weighted by molar-refractivity contribution is 5.12. The zero-order chi connectivity index (χ0) is 4.00. The Morgan fingerprint density at radius 2 is 1.20 bits per heavy atom. The van der Waals surface area contributed by atoms with E-state index in [-0.39, 0.29) is 5.48 Å². The molecule has 2 nitrogen and oxygen atoms in total. The van der Waals surface area contributed by atoms with Crippen LogP contribution < -0.4 is 0 Å². The summed E-state index contributed by atoms with van der Waals surface area (Å²) < 4.78 is 0. The smallest absolute Gasteiger partial charge is 0.281 e. The molecule has 0 saturated carbocycles. The summed E-state index contributed by atoms with van der Waals surface area (Å²) in [6, 6.07) is 0. The molecular weight excluding hydrogens is 68.0 g/mol. The number of carbonyl (C=O) groups excluding carboxylic acids is 1. The van der Waals surface area contributed by atoms with Crippen molar-refractivity contribution in [3.05, 3.63) is 0 Å². The Kier molecular flexibility index (Phi) is 842. The SMILES string of the molecule is CC.[C]=O.[O]. The Labute approximate surface area is 32.1 Å². The van der Waals surface area contributed by atoms with Crippen LogP contribution in [0.4, 0.5) is 0 Å². The zero-order valence-corrected chi connectivity index (χ0v) is 3.32. The summed E-state index contributed by atoms with van der Waals surface area (Å²) in [6.45, 7) is 8.50. The second-order valence-electron chi connectivity index (χ2n) is 0. The van der Waals surface area contributed by atoms with Gasteiger partial charge in [-0.3, -0.25) is 4.79 Å². The van der Waals surface area contributed by atoms with Gasteiger partial charge in [0, 0.05) is 5.48 Å². The molecule has 4 radical (unpaired) electrons. The topological polar surface area (TPSA) is 45.6 Å². The summed E-state index contributed by atoms with van der Waals surface area (Å²) in [6.07, 6.45) is 0. The van der Waals surface area contributed by atoms with Crippen LogP contribution in [0.25, 0.3) is 0 Å². The normalized spacial score (nSPS) is 2.00. The molecule has 0 saturated heterocycles. The third-order valence-electron chi connectivity index (χ3n) is 0. The fraction of sp³-hybridized carbons (Fsp3) is 0.667. The van der Waals surface area contributed by atoms with E-state index in [1.54, 1.807) is 0 Å². The monoisotopic (exact) mass is 74.0 g/mol. The molecule has 0 unspecified atom stereocenters. The summed E-state index contributed by atoms with van der Waals surface area (Å²) in [7, 11) is 0. The molecule has 0 bridgehead atoms. The lowest BCUT2D eigenvalue weighted by Gasteiger charge is -1.07. The van der Waals surface area contributed by atoms with E-state index in [0.29, 0.717) is 0 Å². The number of hydrogen-bond donors (Lipinski definition) is 0. The predicted molar refractivity (Wildman–Crippen MR) is 17.7 cm³/mol. The average molecular weight is 74.1 g/mol. The molecule has 0 aromatic heterocycles. The van der Waals surface area contributed by atoms with Gasteiger partial charge in [-0.2, -0.15) is 0 Å². The van der Waals surface area contributed by atoms with Crippen molar-refractivity contribution in [3.63, 3.8) is 0 Å². The van der Waals surface area contributed by atoms with Gasteiger partial charge in [0.2, 0.25) is 0 Å². The Bertz CT molecular complexity index is 4.85. The van der Waals surface area contributed by atoms with Crippen LogP contribution in [0.3, 0.4) is 0 Å². The van der Waals surface area contributed by atoms with Crippen molar-refractivity contribution in [2.24, 2.45) is 0 Å². The van der Waals surface area contributed by atoms with Crippen LogP contribution in [0.5, 0.6) is 0 Å². The first-order valence-electron chi connectivity index (χ1n) is 1.20. The molecule has 0 amide bonds. The van der Waals surface area contributed by atoms with Crippen LogP contribution in [0.1, 0.15) is 13.8 Å². The first-order chi connectivity index (χ1) is 2.00. The highest BCUT2D eigenvalue weighted by Gasteiger charge is 0.932. The Hall–Kier alpha value is -0.370. The molecule has 0 fully saturated rings. The van der Waals surface area contributed by atoms with Crippen molar-refractivity contribution in [1.82, 2.24) is 0 Å². The molecule has 0 aliphatic carbocycles. The Morgan fingerprint density at radius 3 is 1.20 bits per heavy atom. The average Bonchev–Trinajstić information content (AvgIpc) is 1.50. The zero-order valence-electron chi connectivity index (χ0n) is 3.32. The van der Waals surface area contributed by atoms with Crippen molar-refractivity contribution in [1.29, 1.82) is 0 Å². The molecule has 0 rings (SSSR count). The van der Waals surface area contributed by atoms with Gasteiger partial charge in [0.1, 0.15) is 0 Å². The Morgan fingerprint density at radius 1 is 1.20 bits per heavy atom. The van der Waals surface area contributed by atoms with E-state index >= 15 is 0 Å². The number of rotatable bonds is 0. The Balaban J connectivity index is -0.0000000133. The lowest BCUT2D eigenvalue weighted by Crippen LogP contribution is -0.910. The maximum atomic E-state index is 7.50. The van der Waals surface area contributed by atoms with Crippen molar-refractivity contribution in [2.45, 2.75) is 13.8 Å². The van der Waals surface area contributed by atoms with E-state index in [2.05, 4.69) is 6.79 Å². The summed E-state index contributed by atoms with van der Waals surface area (Å²) in [5.41, 5.74) is 0. The molecular formula is C3H6O2. The maximum absolute atomic E-state index is 7.50. The van der Waals surface area contributed by atoms with Gasteiger partial charge in [0.15, 0.2) is 0 Å². The third kappa shape index (κ3) is 70.4. The highest BCUT2D eigenvalue weighted by Crippen LogP contribution is 1.14. The largest absolute Gasteiger partial charge is 0.281 e. The standard InChI is InChI=1S/C2H6.CO.O/c2*1-2;/h1-2H3;;. The van der Waals surface area contributed by atoms with E-state index in [0.717, 1.165) is 0 Å². The minimum absolute atomic E-state index is 0. The van der Waals surface area contributed by atoms with Gasteiger partial charge in [-0.15, -0.1) is 0 Å². The molecule has 5 heavy (non-hydrogen) atoms. The van der Waals surface area contributed by atoms with E-state index in [4.69, 9.17) is 4.79 Å². The molecule has 0 heterocycles. The van der Waals surface area contributed by atoms with E-state index < -0.39 is 0 Å². The minimum Gasteiger partial charge on any atom is -0.281 e. The summed E-state index contributed by atoms with van der Waals surface area (Å²) in [4.78, 5) is 7.50. The second kappa shape index (κ2) is 183. The van der Waals surface area contributed by atoms with Crippen LogP contribution in [-0.2, 0) is 10.3 Å². The minimum atomic E-state index is 0. The molecule has 0 aromatic rings. The van der Waals surface area contributed by atoms with Crippen LogP contribution in [0, 0.1) is 0 Å².